The van der Waals surface area contributed by atoms with Gasteiger partial charge in [0.1, 0.15) is 5.91 Å². The van der Waals surface area contributed by atoms with Gasteiger partial charge in [0, 0.05) is 14.2 Å². The number of unbranched alkanes of at least 4 members (excludes halogenated alkanes) is 1. The molecule has 0 amide bonds. The van der Waals surface area contributed by atoms with Crippen LogP contribution in [0.4, 0.5) is 0 Å². The van der Waals surface area contributed by atoms with E-state index < -0.39 is 0 Å². The summed E-state index contributed by atoms with van der Waals surface area (Å²) in [5.41, 5.74) is 0. The summed E-state index contributed by atoms with van der Waals surface area (Å²) in [7, 11) is 3.27. The minimum atomic E-state index is -0.195. The highest BCUT2D eigenvalue weighted by molar-refractivity contribution is 6.36. The number of hydrogen-bond acceptors (Lipinski definition) is 3. The normalized spacial score (nSPS) is 12.4. The van der Waals surface area contributed by atoms with Gasteiger partial charge in [-0.1, -0.05) is 26.3 Å². The predicted octanol–water partition coefficient (Wildman–Crippen LogP) is 1.27. The average molecular weight is 233 g/mol. The van der Waals surface area contributed by atoms with E-state index in [0.717, 1.165) is 0 Å². The fraction of sp³-hybridized carbons (Fsp3) is 1.00. The van der Waals surface area contributed by atoms with Crippen molar-refractivity contribution >= 4 is 9.52 Å². The summed E-state index contributed by atoms with van der Waals surface area (Å²) in [5, 5.41) is 0. The Morgan fingerprint density at radius 1 is 1.07 bits per heavy atom. The summed E-state index contributed by atoms with van der Waals surface area (Å²) in [6.07, 6.45) is 2.64. The van der Waals surface area contributed by atoms with Crippen LogP contribution < -0.4 is 0 Å². The zero-order chi connectivity index (χ0) is 11.5. The van der Waals surface area contributed by atoms with Crippen LogP contribution in [0.5, 0.6) is 0 Å². The molecule has 0 bridgehead atoms. The second-order valence-corrected chi connectivity index (χ2v) is 5.73. The fourth-order valence-electron chi connectivity index (χ4n) is 1.69. The first-order valence-corrected chi connectivity index (χ1v) is 7.88. The quantitative estimate of drug-likeness (QED) is 0.322. The lowest BCUT2D eigenvalue weighted by atomic mass is 10.3. The molecule has 0 atom stereocenters. The Labute approximate surface area is 96.9 Å². The van der Waals surface area contributed by atoms with Crippen molar-refractivity contribution in [3.63, 3.8) is 0 Å². The van der Waals surface area contributed by atoms with E-state index in [-0.39, 0.29) is 15.4 Å². The Morgan fingerprint density at radius 2 is 1.67 bits per heavy atom. The molecular weight excluding hydrogens is 206 g/mol. The zero-order valence-electron chi connectivity index (χ0n) is 10.8. The molecule has 92 valence electrons. The summed E-state index contributed by atoms with van der Waals surface area (Å²) in [5.74, 6) is 0.124. The van der Waals surface area contributed by atoms with Crippen molar-refractivity contribution in [2.75, 3.05) is 33.9 Å². The Balaban J connectivity index is 3.30. The van der Waals surface area contributed by atoms with Crippen LogP contribution in [-0.2, 0) is 9.47 Å². The van der Waals surface area contributed by atoms with Gasteiger partial charge in [0.2, 0.25) is 0 Å². The van der Waals surface area contributed by atoms with Crippen molar-refractivity contribution in [2.24, 2.45) is 0 Å². The van der Waals surface area contributed by atoms with E-state index in [1.807, 2.05) is 0 Å². The molecule has 3 nitrogen and oxygen atoms in total. The molecule has 0 unspecified atom stereocenters. The van der Waals surface area contributed by atoms with E-state index in [9.17, 15) is 0 Å². The minimum absolute atomic E-state index is 0.124. The molecular formula is C11H27NO2Si. The fourth-order valence-corrected chi connectivity index (χ4v) is 3.14. The second kappa shape index (κ2) is 10.6. The SMILES string of the molecule is CCN(CC)CCCC[SiH2]C(OC)OC. The van der Waals surface area contributed by atoms with Crippen molar-refractivity contribution in [2.45, 2.75) is 38.6 Å². The molecule has 0 N–H and O–H groups in total. The van der Waals surface area contributed by atoms with Crippen molar-refractivity contribution in [1.29, 1.82) is 0 Å². The highest BCUT2D eigenvalue weighted by Gasteiger charge is 2.05. The van der Waals surface area contributed by atoms with Gasteiger partial charge >= 0.3 is 0 Å². The maximum absolute atomic E-state index is 5.20. The molecule has 0 saturated heterocycles. The maximum atomic E-state index is 5.20. The Kier molecular flexibility index (Phi) is 10.7. The monoisotopic (exact) mass is 233 g/mol. The molecule has 15 heavy (non-hydrogen) atoms. The summed E-state index contributed by atoms with van der Waals surface area (Å²) in [6, 6.07) is 1.33. The van der Waals surface area contributed by atoms with E-state index >= 15 is 0 Å². The molecule has 0 aliphatic heterocycles. The largest absolute Gasteiger partial charge is 0.360 e. The third-order valence-electron chi connectivity index (χ3n) is 2.83. The Hall–Kier alpha value is 0.0969. The second-order valence-electron chi connectivity index (χ2n) is 3.78. The van der Waals surface area contributed by atoms with Gasteiger partial charge in [-0.25, -0.2) is 0 Å². The average Bonchev–Trinajstić information content (AvgIpc) is 2.29. The van der Waals surface area contributed by atoms with Crippen LogP contribution in [0.1, 0.15) is 26.7 Å². The molecule has 0 aromatic carbocycles. The predicted molar refractivity (Wildman–Crippen MR) is 68.2 cm³/mol. The van der Waals surface area contributed by atoms with Gasteiger partial charge in [-0.05, 0) is 26.1 Å². The number of methoxy groups -OCH3 is 2. The van der Waals surface area contributed by atoms with Crippen LogP contribution in [0.25, 0.3) is 0 Å². The van der Waals surface area contributed by atoms with Crippen LogP contribution in [0, 0.1) is 0 Å². The molecule has 0 aliphatic rings. The summed E-state index contributed by atoms with van der Waals surface area (Å²) in [6.45, 7) is 8.04. The Morgan fingerprint density at radius 3 is 2.13 bits per heavy atom. The van der Waals surface area contributed by atoms with Gasteiger partial charge in [0.05, 0.1) is 9.52 Å². The molecule has 0 saturated carbocycles. The first-order valence-electron chi connectivity index (χ1n) is 6.06. The Bertz CT molecular complexity index is 114. The molecule has 0 aromatic heterocycles. The number of nitrogens with zero attached hydrogens (tertiary/aromatic N) is 1. The molecule has 0 spiro atoms. The minimum Gasteiger partial charge on any atom is -0.360 e. The summed E-state index contributed by atoms with van der Waals surface area (Å²) >= 11 is 0. The standard InChI is InChI=1S/C11H27NO2Si/c1-5-12(6-2)9-7-8-10-15-11(13-3)14-4/h11H,5-10,15H2,1-4H3. The van der Waals surface area contributed by atoms with Crippen LogP contribution in [0.3, 0.4) is 0 Å². The molecule has 0 radical (unpaired) electrons. The van der Waals surface area contributed by atoms with E-state index in [1.54, 1.807) is 14.2 Å². The summed E-state index contributed by atoms with van der Waals surface area (Å²) < 4.78 is 10.4. The van der Waals surface area contributed by atoms with Crippen LogP contribution in [0.2, 0.25) is 6.04 Å². The third kappa shape index (κ3) is 7.96. The van der Waals surface area contributed by atoms with E-state index in [1.165, 1.54) is 38.5 Å². The zero-order valence-corrected chi connectivity index (χ0v) is 12.2. The number of rotatable bonds is 10. The molecule has 0 fully saturated rings. The molecule has 4 heteroatoms. The topological polar surface area (TPSA) is 21.7 Å². The molecule has 0 heterocycles. The van der Waals surface area contributed by atoms with Crippen molar-refractivity contribution in [1.82, 2.24) is 4.90 Å². The van der Waals surface area contributed by atoms with Crippen molar-refractivity contribution < 1.29 is 9.47 Å². The lowest BCUT2D eigenvalue weighted by Crippen LogP contribution is -2.24. The number of hydrogen-bond donors (Lipinski definition) is 0. The molecule has 0 aliphatic carbocycles. The first kappa shape index (κ1) is 15.1. The van der Waals surface area contributed by atoms with Gasteiger partial charge in [-0.15, -0.1) is 0 Å². The lowest BCUT2D eigenvalue weighted by Gasteiger charge is -2.18. The van der Waals surface area contributed by atoms with E-state index in [4.69, 9.17) is 9.47 Å². The first-order chi connectivity index (χ1) is 7.28. The lowest BCUT2D eigenvalue weighted by molar-refractivity contribution is -0.0441. The van der Waals surface area contributed by atoms with Crippen molar-refractivity contribution in [3.8, 4) is 0 Å². The van der Waals surface area contributed by atoms with Gasteiger partial charge < -0.3 is 14.4 Å². The summed E-state index contributed by atoms with van der Waals surface area (Å²) in [4.78, 5) is 2.48. The number of ether oxygens (including phenoxy) is 2. The molecule has 0 rings (SSSR count). The van der Waals surface area contributed by atoms with Crippen LogP contribution in [-0.4, -0.2) is 54.2 Å². The highest BCUT2D eigenvalue weighted by atomic mass is 28.2. The third-order valence-corrected chi connectivity index (χ3v) is 4.88. The van der Waals surface area contributed by atoms with E-state index in [0.29, 0.717) is 0 Å². The van der Waals surface area contributed by atoms with Gasteiger partial charge in [0.25, 0.3) is 0 Å². The smallest absolute Gasteiger partial charge is 0.134 e. The van der Waals surface area contributed by atoms with Crippen LogP contribution >= 0.6 is 0 Å². The van der Waals surface area contributed by atoms with Gasteiger partial charge in [-0.2, -0.15) is 0 Å². The van der Waals surface area contributed by atoms with Crippen LogP contribution in [0.15, 0.2) is 0 Å². The van der Waals surface area contributed by atoms with E-state index in [2.05, 4.69) is 18.7 Å². The van der Waals surface area contributed by atoms with Gasteiger partial charge in [-0.3, -0.25) is 0 Å². The highest BCUT2D eigenvalue weighted by Crippen LogP contribution is 2.01. The molecule has 0 aromatic rings. The maximum Gasteiger partial charge on any atom is 0.134 e. The van der Waals surface area contributed by atoms with Crippen molar-refractivity contribution in [3.05, 3.63) is 0 Å². The van der Waals surface area contributed by atoms with Gasteiger partial charge in [0.15, 0.2) is 0 Å².